The highest BCUT2D eigenvalue weighted by Gasteiger charge is 2.16. The van der Waals surface area contributed by atoms with E-state index in [1.54, 1.807) is 7.11 Å². The Morgan fingerprint density at radius 1 is 1.25 bits per heavy atom. The molecule has 4 nitrogen and oxygen atoms in total. The first-order valence-electron chi connectivity index (χ1n) is 7.22. The van der Waals surface area contributed by atoms with E-state index >= 15 is 0 Å². The van der Waals surface area contributed by atoms with Gasteiger partial charge in [-0.05, 0) is 36.6 Å². The summed E-state index contributed by atoms with van der Waals surface area (Å²) in [6, 6.07) is 7.59. The molecule has 1 aromatic carbocycles. The quantitative estimate of drug-likeness (QED) is 0.768. The number of hydrogen-bond acceptors (Lipinski definition) is 3. The monoisotopic (exact) mass is 278 g/mol. The average Bonchev–Trinajstić information content (AvgIpc) is 2.45. The first kappa shape index (κ1) is 16.5. The van der Waals surface area contributed by atoms with Crippen molar-refractivity contribution in [1.29, 1.82) is 0 Å². The van der Waals surface area contributed by atoms with Gasteiger partial charge in [-0.1, -0.05) is 20.8 Å². The molecule has 1 aromatic rings. The first-order chi connectivity index (χ1) is 9.58. The fraction of sp³-hybridized carbons (Fsp3) is 0.562. The molecule has 0 bridgehead atoms. The van der Waals surface area contributed by atoms with Gasteiger partial charge < -0.3 is 15.4 Å². The second-order valence-electron chi connectivity index (χ2n) is 5.28. The normalized spacial score (nSPS) is 12.2. The zero-order chi connectivity index (χ0) is 15.0. The lowest BCUT2D eigenvalue weighted by Gasteiger charge is -2.21. The van der Waals surface area contributed by atoms with Crippen LogP contribution < -0.4 is 10.6 Å². The Labute approximate surface area is 121 Å². The second-order valence-corrected chi connectivity index (χ2v) is 5.28. The predicted octanol–water partition coefficient (Wildman–Crippen LogP) is 2.91. The summed E-state index contributed by atoms with van der Waals surface area (Å²) >= 11 is 0. The molecule has 0 saturated heterocycles. The van der Waals surface area contributed by atoms with Gasteiger partial charge >= 0.3 is 0 Å². The molecule has 20 heavy (non-hydrogen) atoms. The van der Waals surface area contributed by atoms with Crippen LogP contribution in [-0.4, -0.2) is 32.2 Å². The van der Waals surface area contributed by atoms with Crippen LogP contribution in [0.15, 0.2) is 24.3 Å². The van der Waals surface area contributed by atoms with Gasteiger partial charge in [-0.3, -0.25) is 4.79 Å². The van der Waals surface area contributed by atoms with Crippen LogP contribution in [0.2, 0.25) is 0 Å². The summed E-state index contributed by atoms with van der Waals surface area (Å²) in [5.41, 5.74) is 1.72. The molecule has 0 aliphatic heterocycles. The lowest BCUT2D eigenvalue weighted by Crippen LogP contribution is -2.41. The Balaban J connectivity index is 2.62. The number of carbonyl (C=O) groups is 1. The molecule has 2 N–H and O–H groups in total. The van der Waals surface area contributed by atoms with Crippen molar-refractivity contribution in [3.05, 3.63) is 29.8 Å². The minimum absolute atomic E-state index is 0.0328. The highest BCUT2D eigenvalue weighted by Crippen LogP contribution is 2.10. The van der Waals surface area contributed by atoms with E-state index in [0.717, 1.165) is 18.7 Å². The summed E-state index contributed by atoms with van der Waals surface area (Å²) in [7, 11) is 1.65. The van der Waals surface area contributed by atoms with E-state index in [-0.39, 0.29) is 11.9 Å². The van der Waals surface area contributed by atoms with Crippen molar-refractivity contribution >= 4 is 11.6 Å². The van der Waals surface area contributed by atoms with Gasteiger partial charge in [-0.15, -0.1) is 0 Å². The third-order valence-corrected chi connectivity index (χ3v) is 3.19. The summed E-state index contributed by atoms with van der Waals surface area (Å²) in [4.78, 5) is 12.2. The molecule has 1 rings (SSSR count). The molecule has 112 valence electrons. The molecule has 1 unspecified atom stereocenters. The molecule has 0 aliphatic rings. The first-order valence-corrected chi connectivity index (χ1v) is 7.22. The maximum absolute atomic E-state index is 12.2. The van der Waals surface area contributed by atoms with Gasteiger partial charge in [0, 0.05) is 24.9 Å². The van der Waals surface area contributed by atoms with E-state index in [0.29, 0.717) is 18.1 Å². The van der Waals surface area contributed by atoms with E-state index in [2.05, 4.69) is 31.4 Å². The third kappa shape index (κ3) is 5.21. The standard InChI is InChI=1S/C16H26N2O2/c1-5-10-17-14-8-6-13(7-9-14)16(19)18-15(11-20-4)12(2)3/h6-9,12,15,17H,5,10-11H2,1-4H3,(H,18,19). The van der Waals surface area contributed by atoms with Gasteiger partial charge in [0.25, 0.3) is 5.91 Å². The summed E-state index contributed by atoms with van der Waals surface area (Å²) < 4.78 is 5.14. The average molecular weight is 278 g/mol. The molecule has 0 spiro atoms. The van der Waals surface area contributed by atoms with Crippen molar-refractivity contribution in [2.75, 3.05) is 25.6 Å². The van der Waals surface area contributed by atoms with Crippen LogP contribution in [-0.2, 0) is 4.74 Å². The molecule has 0 heterocycles. The number of nitrogens with one attached hydrogen (secondary N) is 2. The topological polar surface area (TPSA) is 50.4 Å². The van der Waals surface area contributed by atoms with Crippen molar-refractivity contribution in [2.45, 2.75) is 33.2 Å². The van der Waals surface area contributed by atoms with E-state index < -0.39 is 0 Å². The van der Waals surface area contributed by atoms with Crippen molar-refractivity contribution in [3.8, 4) is 0 Å². The predicted molar refractivity (Wildman–Crippen MR) is 83.2 cm³/mol. The van der Waals surface area contributed by atoms with Gasteiger partial charge in [-0.2, -0.15) is 0 Å². The Morgan fingerprint density at radius 2 is 1.90 bits per heavy atom. The van der Waals surface area contributed by atoms with Gasteiger partial charge in [0.15, 0.2) is 0 Å². The lowest BCUT2D eigenvalue weighted by molar-refractivity contribution is 0.0866. The number of anilines is 1. The van der Waals surface area contributed by atoms with Gasteiger partial charge in [0.2, 0.25) is 0 Å². The molecule has 4 heteroatoms. The van der Waals surface area contributed by atoms with Crippen LogP contribution in [0.5, 0.6) is 0 Å². The van der Waals surface area contributed by atoms with E-state index in [1.165, 1.54) is 0 Å². The molecule has 0 aromatic heterocycles. The summed E-state index contributed by atoms with van der Waals surface area (Å²) in [6.07, 6.45) is 1.08. The fourth-order valence-electron chi connectivity index (χ4n) is 1.84. The number of carbonyl (C=O) groups excluding carboxylic acids is 1. The van der Waals surface area contributed by atoms with Crippen molar-refractivity contribution in [1.82, 2.24) is 5.32 Å². The Morgan fingerprint density at radius 3 is 2.40 bits per heavy atom. The Bertz CT molecular complexity index is 401. The second kappa shape index (κ2) is 8.59. The molecule has 0 radical (unpaired) electrons. The van der Waals surface area contributed by atoms with Crippen LogP contribution in [0.3, 0.4) is 0 Å². The summed E-state index contributed by atoms with van der Waals surface area (Å²) in [5, 5.41) is 6.30. The summed E-state index contributed by atoms with van der Waals surface area (Å²) in [6.45, 7) is 7.73. The SMILES string of the molecule is CCCNc1ccc(C(=O)NC(COC)C(C)C)cc1. The molecule has 0 aliphatic carbocycles. The number of rotatable bonds is 8. The highest BCUT2D eigenvalue weighted by atomic mass is 16.5. The summed E-state index contributed by atoms with van der Waals surface area (Å²) in [5.74, 6) is 0.284. The van der Waals surface area contributed by atoms with Crippen LogP contribution in [0, 0.1) is 5.92 Å². The molecular weight excluding hydrogens is 252 g/mol. The number of ether oxygens (including phenoxy) is 1. The largest absolute Gasteiger partial charge is 0.385 e. The number of benzene rings is 1. The molecule has 1 amide bonds. The zero-order valence-electron chi connectivity index (χ0n) is 12.9. The van der Waals surface area contributed by atoms with E-state index in [4.69, 9.17) is 4.74 Å². The smallest absolute Gasteiger partial charge is 0.251 e. The maximum Gasteiger partial charge on any atom is 0.251 e. The van der Waals surface area contributed by atoms with Crippen molar-refractivity contribution < 1.29 is 9.53 Å². The number of hydrogen-bond donors (Lipinski definition) is 2. The molecule has 1 atom stereocenters. The maximum atomic E-state index is 12.2. The molecular formula is C16H26N2O2. The lowest BCUT2D eigenvalue weighted by atomic mass is 10.0. The Kier molecular flexibility index (Phi) is 7.09. The van der Waals surface area contributed by atoms with Crippen LogP contribution in [0.4, 0.5) is 5.69 Å². The minimum Gasteiger partial charge on any atom is -0.385 e. The van der Waals surface area contributed by atoms with Gasteiger partial charge in [0.05, 0.1) is 12.6 Å². The van der Waals surface area contributed by atoms with Crippen LogP contribution in [0.25, 0.3) is 0 Å². The van der Waals surface area contributed by atoms with Crippen molar-refractivity contribution in [3.63, 3.8) is 0 Å². The molecule has 0 saturated carbocycles. The van der Waals surface area contributed by atoms with Crippen LogP contribution >= 0.6 is 0 Å². The van der Waals surface area contributed by atoms with Crippen LogP contribution in [0.1, 0.15) is 37.6 Å². The Hall–Kier alpha value is -1.55. The van der Waals surface area contributed by atoms with Crippen molar-refractivity contribution in [2.24, 2.45) is 5.92 Å². The van der Waals surface area contributed by atoms with Gasteiger partial charge in [-0.25, -0.2) is 0 Å². The fourth-order valence-corrected chi connectivity index (χ4v) is 1.84. The molecule has 0 fully saturated rings. The third-order valence-electron chi connectivity index (χ3n) is 3.19. The van der Waals surface area contributed by atoms with Gasteiger partial charge in [0.1, 0.15) is 0 Å². The minimum atomic E-state index is -0.0530. The number of amides is 1. The van der Waals surface area contributed by atoms with E-state index in [1.807, 2.05) is 24.3 Å². The number of methoxy groups -OCH3 is 1. The highest BCUT2D eigenvalue weighted by molar-refractivity contribution is 5.94. The zero-order valence-corrected chi connectivity index (χ0v) is 12.9. The van der Waals surface area contributed by atoms with E-state index in [9.17, 15) is 4.79 Å².